The van der Waals surface area contributed by atoms with Gasteiger partial charge in [-0.3, -0.25) is 9.89 Å². The van der Waals surface area contributed by atoms with Gasteiger partial charge < -0.3 is 15.1 Å². The number of allylic oxidation sites excluding steroid dienone is 1. The summed E-state index contributed by atoms with van der Waals surface area (Å²) in [5.41, 5.74) is 2.14. The molecule has 4 aromatic rings. The smallest absolute Gasteiger partial charge is 0.357 e. The zero-order chi connectivity index (χ0) is 31.3. The van der Waals surface area contributed by atoms with Crippen molar-refractivity contribution in [3.63, 3.8) is 0 Å². The molecule has 3 heterocycles. The molecule has 1 fully saturated rings. The summed E-state index contributed by atoms with van der Waals surface area (Å²) in [6.07, 6.45) is 1.08. The van der Waals surface area contributed by atoms with Crippen LogP contribution in [-0.4, -0.2) is 71.9 Å². The quantitative estimate of drug-likeness (QED) is 0.135. The lowest BCUT2D eigenvalue weighted by atomic mass is 9.88. The number of hydrogen-bond donors (Lipinski definition) is 2. The Morgan fingerprint density at radius 3 is 2.43 bits per heavy atom. The Hall–Kier alpha value is -4.51. The third-order valence-electron chi connectivity index (χ3n) is 7.68. The fourth-order valence-electron chi connectivity index (χ4n) is 5.40. The van der Waals surface area contributed by atoms with Crippen molar-refractivity contribution in [1.82, 2.24) is 25.4 Å². The fraction of sp³-hybridized carbons (Fsp3) is 0.303. The minimum absolute atomic E-state index is 0.0577. The second kappa shape index (κ2) is 13.4. The normalized spacial score (nSPS) is 15.2. The van der Waals surface area contributed by atoms with E-state index in [0.29, 0.717) is 40.4 Å². The Kier molecular flexibility index (Phi) is 9.43. The zero-order valence-corrected chi connectivity index (χ0v) is 24.5. The third kappa shape index (κ3) is 7.52. The highest BCUT2D eigenvalue weighted by molar-refractivity contribution is 6.00. The van der Waals surface area contributed by atoms with E-state index in [2.05, 4.69) is 25.4 Å². The summed E-state index contributed by atoms with van der Waals surface area (Å²) in [5, 5.41) is 9.87. The number of fused-ring (bicyclic) bond motifs is 1. The molecule has 0 atom stereocenters. The van der Waals surface area contributed by atoms with Crippen LogP contribution in [0.2, 0.25) is 0 Å². The first-order chi connectivity index (χ1) is 21.1. The number of benzene rings is 2. The lowest BCUT2D eigenvalue weighted by Crippen LogP contribution is -2.42. The number of anilines is 1. The SMILES string of the molecule is CN(C)C(=O)C=CCNC1CCN(c2ccc(/C(=C(/CC(F)(F)F)c3ccccc3)c3ccc4n[nH]c(F)c4c3)cn2)CC1. The van der Waals surface area contributed by atoms with Crippen molar-refractivity contribution >= 4 is 33.8 Å². The molecule has 2 aromatic carbocycles. The average molecular weight is 607 g/mol. The van der Waals surface area contributed by atoms with Crippen molar-refractivity contribution in [2.24, 2.45) is 0 Å². The summed E-state index contributed by atoms with van der Waals surface area (Å²) in [5.74, 6) is 0.0248. The van der Waals surface area contributed by atoms with Crippen LogP contribution in [0.3, 0.4) is 0 Å². The molecule has 0 bridgehead atoms. The number of hydrogen-bond acceptors (Lipinski definition) is 5. The van der Waals surface area contributed by atoms with Gasteiger partial charge in [0.1, 0.15) is 5.82 Å². The Morgan fingerprint density at radius 1 is 1.05 bits per heavy atom. The van der Waals surface area contributed by atoms with Gasteiger partial charge in [-0.1, -0.05) is 42.5 Å². The van der Waals surface area contributed by atoms with Crippen LogP contribution in [0.25, 0.3) is 22.0 Å². The van der Waals surface area contributed by atoms with Crippen molar-refractivity contribution in [1.29, 1.82) is 0 Å². The highest BCUT2D eigenvalue weighted by Crippen LogP contribution is 2.40. The Balaban J connectivity index is 1.41. The predicted molar refractivity (Wildman–Crippen MR) is 164 cm³/mol. The van der Waals surface area contributed by atoms with Gasteiger partial charge >= 0.3 is 6.18 Å². The lowest BCUT2D eigenvalue weighted by molar-refractivity contribution is -0.124. The maximum absolute atomic E-state index is 14.5. The van der Waals surface area contributed by atoms with E-state index in [4.69, 9.17) is 0 Å². The summed E-state index contributed by atoms with van der Waals surface area (Å²) in [6.45, 7) is 2.11. The van der Waals surface area contributed by atoms with Gasteiger partial charge in [0.2, 0.25) is 11.9 Å². The number of likely N-dealkylation sites (N-methyl/N-ethyl adjacent to an activating group) is 1. The van der Waals surface area contributed by atoms with E-state index in [1.165, 1.54) is 11.0 Å². The molecule has 0 spiro atoms. The van der Waals surface area contributed by atoms with Crippen LogP contribution in [0.1, 0.15) is 36.0 Å². The molecule has 44 heavy (non-hydrogen) atoms. The first-order valence-electron chi connectivity index (χ1n) is 14.4. The molecule has 0 aliphatic carbocycles. The van der Waals surface area contributed by atoms with Crippen LogP contribution in [0.5, 0.6) is 0 Å². The van der Waals surface area contributed by atoms with Gasteiger partial charge in [0, 0.05) is 57.6 Å². The van der Waals surface area contributed by atoms with Crippen molar-refractivity contribution < 1.29 is 22.4 Å². The number of carbonyl (C=O) groups excluding carboxylic acids is 1. The first-order valence-corrected chi connectivity index (χ1v) is 14.4. The van der Waals surface area contributed by atoms with E-state index in [1.807, 2.05) is 12.1 Å². The number of nitrogens with one attached hydrogen (secondary N) is 2. The topological polar surface area (TPSA) is 77.2 Å². The number of nitrogens with zero attached hydrogens (tertiary/aromatic N) is 4. The minimum Gasteiger partial charge on any atom is -0.357 e. The number of carbonyl (C=O) groups is 1. The second-order valence-corrected chi connectivity index (χ2v) is 11.0. The van der Waals surface area contributed by atoms with E-state index in [0.717, 1.165) is 31.7 Å². The van der Waals surface area contributed by atoms with Crippen molar-refractivity contribution in [2.75, 3.05) is 38.6 Å². The molecule has 1 aliphatic heterocycles. The largest absolute Gasteiger partial charge is 0.393 e. The predicted octanol–water partition coefficient (Wildman–Crippen LogP) is 6.21. The number of pyridine rings is 1. The van der Waals surface area contributed by atoms with Gasteiger partial charge in [0.05, 0.1) is 17.3 Å². The number of halogens is 4. The number of H-pyrrole nitrogens is 1. The summed E-state index contributed by atoms with van der Waals surface area (Å²) >= 11 is 0. The van der Waals surface area contributed by atoms with Crippen molar-refractivity contribution in [3.05, 3.63) is 102 Å². The molecule has 230 valence electrons. The number of rotatable bonds is 9. The maximum atomic E-state index is 14.5. The molecule has 0 unspecified atom stereocenters. The van der Waals surface area contributed by atoms with Gasteiger partial charge in [-0.15, -0.1) is 0 Å². The van der Waals surface area contributed by atoms with Crippen LogP contribution in [-0.2, 0) is 4.79 Å². The van der Waals surface area contributed by atoms with Crippen LogP contribution in [0, 0.1) is 5.95 Å². The van der Waals surface area contributed by atoms with E-state index in [-0.39, 0.29) is 16.9 Å². The second-order valence-electron chi connectivity index (χ2n) is 11.0. The standard InChI is InChI=1S/C33H34F4N6O/c1-42(2)30(44)9-6-16-38-25-14-17-43(18-15-25)29-13-11-24(21-39-29)31(23-10-12-28-26(19-23)32(34)41-40-28)27(20-33(35,36)37)22-7-4-3-5-8-22/h3-13,19,21,25,38H,14-18,20H2,1-2H3,(H,40,41)/b9-6?,31-27-. The third-order valence-corrected chi connectivity index (χ3v) is 7.68. The van der Waals surface area contributed by atoms with Crippen LogP contribution in [0.4, 0.5) is 23.4 Å². The van der Waals surface area contributed by atoms with Gasteiger partial charge in [0.15, 0.2) is 0 Å². The Morgan fingerprint density at radius 2 is 1.77 bits per heavy atom. The summed E-state index contributed by atoms with van der Waals surface area (Å²) in [4.78, 5) is 20.0. The average Bonchev–Trinajstić information content (AvgIpc) is 3.39. The molecule has 1 aliphatic rings. The monoisotopic (exact) mass is 606 g/mol. The van der Waals surface area contributed by atoms with Gasteiger partial charge in [-0.05, 0) is 59.4 Å². The highest BCUT2D eigenvalue weighted by atomic mass is 19.4. The highest BCUT2D eigenvalue weighted by Gasteiger charge is 2.32. The molecule has 1 saturated heterocycles. The maximum Gasteiger partial charge on any atom is 0.393 e. The number of aromatic amines is 1. The van der Waals surface area contributed by atoms with E-state index in [1.54, 1.807) is 74.9 Å². The Bertz CT molecular complexity index is 1640. The van der Waals surface area contributed by atoms with Crippen molar-refractivity contribution in [2.45, 2.75) is 31.5 Å². The van der Waals surface area contributed by atoms with Gasteiger partial charge in [-0.25, -0.2) is 4.98 Å². The number of aromatic nitrogens is 3. The molecule has 7 nitrogen and oxygen atoms in total. The molecule has 0 radical (unpaired) electrons. The molecule has 2 aromatic heterocycles. The zero-order valence-electron chi connectivity index (χ0n) is 24.5. The fourth-order valence-corrected chi connectivity index (χ4v) is 5.40. The minimum atomic E-state index is -4.48. The number of amides is 1. The lowest BCUT2D eigenvalue weighted by Gasteiger charge is -2.33. The van der Waals surface area contributed by atoms with E-state index in [9.17, 15) is 22.4 Å². The summed E-state index contributed by atoms with van der Waals surface area (Å²) < 4.78 is 56.5. The molecule has 2 N–H and O–H groups in total. The molecule has 5 rings (SSSR count). The Labute approximate surface area is 253 Å². The number of alkyl halides is 3. The summed E-state index contributed by atoms with van der Waals surface area (Å²) in [7, 11) is 3.42. The van der Waals surface area contributed by atoms with Gasteiger partial charge in [0.25, 0.3) is 0 Å². The molecule has 0 saturated carbocycles. The van der Waals surface area contributed by atoms with Gasteiger partial charge in [-0.2, -0.15) is 22.7 Å². The van der Waals surface area contributed by atoms with E-state index >= 15 is 0 Å². The molecular weight excluding hydrogens is 572 g/mol. The van der Waals surface area contributed by atoms with Crippen LogP contribution < -0.4 is 10.2 Å². The van der Waals surface area contributed by atoms with Crippen LogP contribution >= 0.6 is 0 Å². The molecule has 1 amide bonds. The summed E-state index contributed by atoms with van der Waals surface area (Å²) in [6, 6.07) is 17.1. The first kappa shape index (κ1) is 30.9. The number of piperidine rings is 1. The molecule has 11 heteroatoms. The van der Waals surface area contributed by atoms with Crippen molar-refractivity contribution in [3.8, 4) is 0 Å². The van der Waals surface area contributed by atoms with Crippen LogP contribution in [0.15, 0.2) is 79.0 Å². The van der Waals surface area contributed by atoms with E-state index < -0.39 is 18.5 Å². The molecular formula is C33H34F4N6O.